The Morgan fingerprint density at radius 1 is 1.07 bits per heavy atom. The predicted molar refractivity (Wildman–Crippen MR) is 159 cm³/mol. The second-order valence-electron chi connectivity index (χ2n) is 10.2. The maximum atomic E-state index is 13.5. The van der Waals surface area contributed by atoms with Gasteiger partial charge in [0.25, 0.3) is 5.69 Å². The van der Waals surface area contributed by atoms with Crippen molar-refractivity contribution in [2.75, 3.05) is 45.9 Å². The van der Waals surface area contributed by atoms with E-state index in [9.17, 15) is 28.1 Å². The number of benzene rings is 2. The second kappa shape index (κ2) is 13.8. The van der Waals surface area contributed by atoms with Crippen molar-refractivity contribution in [3.05, 3.63) is 80.5 Å². The lowest BCUT2D eigenvalue weighted by Gasteiger charge is -2.34. The van der Waals surface area contributed by atoms with E-state index in [0.29, 0.717) is 41.6 Å². The van der Waals surface area contributed by atoms with Crippen LogP contribution in [-0.4, -0.2) is 86.1 Å². The van der Waals surface area contributed by atoms with Crippen molar-refractivity contribution in [1.82, 2.24) is 9.21 Å². The molecule has 14 heteroatoms. The maximum Gasteiger partial charge on any atom is 0.336 e. The van der Waals surface area contributed by atoms with Crippen LogP contribution in [0.1, 0.15) is 32.3 Å². The van der Waals surface area contributed by atoms with E-state index in [1.54, 1.807) is 39.0 Å². The van der Waals surface area contributed by atoms with Gasteiger partial charge in [-0.25, -0.2) is 13.2 Å². The van der Waals surface area contributed by atoms with E-state index in [-0.39, 0.29) is 42.5 Å². The van der Waals surface area contributed by atoms with Crippen molar-refractivity contribution in [1.29, 1.82) is 0 Å². The quantitative estimate of drug-likeness (QED) is 0.216. The molecule has 0 saturated carbocycles. The molecule has 2 heterocycles. The minimum atomic E-state index is -3.69. The van der Waals surface area contributed by atoms with E-state index in [1.807, 2.05) is 4.90 Å². The number of rotatable bonds is 10. The van der Waals surface area contributed by atoms with Gasteiger partial charge in [-0.2, -0.15) is 4.31 Å². The molecule has 2 unspecified atom stereocenters. The van der Waals surface area contributed by atoms with Crippen LogP contribution < -0.4 is 0 Å². The van der Waals surface area contributed by atoms with Crippen molar-refractivity contribution < 1.29 is 32.4 Å². The first-order chi connectivity index (χ1) is 20.4. The molecule has 0 aromatic heterocycles. The number of hydrogen-bond acceptors (Lipinski definition) is 10. The molecule has 1 saturated heterocycles. The molecule has 2 atom stereocenters. The van der Waals surface area contributed by atoms with Crippen molar-refractivity contribution in [2.45, 2.75) is 31.6 Å². The summed E-state index contributed by atoms with van der Waals surface area (Å²) in [7, 11) is -3.69. The highest BCUT2D eigenvalue weighted by atomic mass is 35.5. The summed E-state index contributed by atoms with van der Waals surface area (Å²) < 4.78 is 38.3. The van der Waals surface area contributed by atoms with Gasteiger partial charge < -0.3 is 9.47 Å². The summed E-state index contributed by atoms with van der Waals surface area (Å²) in [4.78, 5) is 44.1. The lowest BCUT2D eigenvalue weighted by Crippen LogP contribution is -2.49. The number of nitrogens with zero attached hydrogens (tertiary/aromatic N) is 4. The normalized spacial score (nSPS) is 20.0. The standard InChI is InChI=1S/C29H33ClN4O8S/c1-4-41-28(35)25-19(2)31-20(3)26(27(25)21-7-5-9-23(17-21)34(37)38)29(36)42-16-15-32-11-13-33(14-12-32)43(39,40)24-10-6-8-22(30)18-24/h5-10,17-18,25,27H,4,11-16H2,1-3H3. The monoisotopic (exact) mass is 632 g/mol. The number of halogens is 1. The summed E-state index contributed by atoms with van der Waals surface area (Å²) in [5.74, 6) is -3.16. The SMILES string of the molecule is CCOC(=O)C1C(C)=NC(C)=C(C(=O)OCCN2CCN(S(=O)(=O)c3cccc(Cl)c3)CC2)C1c1cccc([N+](=O)[O-])c1. The molecule has 0 bridgehead atoms. The van der Waals surface area contributed by atoms with Gasteiger partial charge in [0.1, 0.15) is 12.5 Å². The van der Waals surface area contributed by atoms with Crippen LogP contribution in [0.5, 0.6) is 0 Å². The lowest BCUT2D eigenvalue weighted by molar-refractivity contribution is -0.384. The number of aliphatic imine (C=N–C) groups is 1. The number of ether oxygens (including phenoxy) is 2. The lowest BCUT2D eigenvalue weighted by atomic mass is 9.75. The fourth-order valence-electron chi connectivity index (χ4n) is 5.35. The van der Waals surface area contributed by atoms with E-state index in [4.69, 9.17) is 21.1 Å². The number of hydrogen-bond donors (Lipinski definition) is 0. The Morgan fingerprint density at radius 2 is 1.77 bits per heavy atom. The van der Waals surface area contributed by atoms with Crippen LogP contribution in [-0.2, 0) is 29.1 Å². The van der Waals surface area contributed by atoms with E-state index < -0.39 is 38.7 Å². The number of sulfonamides is 1. The summed E-state index contributed by atoms with van der Waals surface area (Å²) in [5, 5.41) is 11.8. The second-order valence-corrected chi connectivity index (χ2v) is 12.5. The topological polar surface area (TPSA) is 149 Å². The minimum absolute atomic E-state index is 0.00504. The van der Waals surface area contributed by atoms with Crippen molar-refractivity contribution in [3.8, 4) is 0 Å². The molecule has 43 heavy (non-hydrogen) atoms. The van der Waals surface area contributed by atoms with Crippen LogP contribution in [0, 0.1) is 16.0 Å². The highest BCUT2D eigenvalue weighted by Crippen LogP contribution is 2.41. The zero-order chi connectivity index (χ0) is 31.3. The zero-order valence-electron chi connectivity index (χ0n) is 24.1. The predicted octanol–water partition coefficient (Wildman–Crippen LogP) is 3.81. The third kappa shape index (κ3) is 7.29. The first kappa shape index (κ1) is 32.3. The van der Waals surface area contributed by atoms with Gasteiger partial charge in [0.15, 0.2) is 0 Å². The Kier molecular flexibility index (Phi) is 10.3. The molecule has 0 aliphatic carbocycles. The molecule has 4 rings (SSSR count). The zero-order valence-corrected chi connectivity index (χ0v) is 25.6. The van der Waals surface area contributed by atoms with Crippen molar-refractivity contribution in [2.24, 2.45) is 10.9 Å². The minimum Gasteiger partial charge on any atom is -0.465 e. The molecular weight excluding hydrogens is 600 g/mol. The van der Waals surface area contributed by atoms with Gasteiger partial charge in [-0.1, -0.05) is 29.8 Å². The molecule has 1 fully saturated rings. The smallest absolute Gasteiger partial charge is 0.336 e. The van der Waals surface area contributed by atoms with E-state index >= 15 is 0 Å². The largest absolute Gasteiger partial charge is 0.465 e. The number of non-ortho nitro benzene ring substituents is 1. The molecule has 2 aromatic carbocycles. The number of nitro groups is 1. The maximum absolute atomic E-state index is 13.5. The van der Waals surface area contributed by atoms with Gasteiger partial charge >= 0.3 is 11.9 Å². The highest BCUT2D eigenvalue weighted by Gasteiger charge is 2.43. The van der Waals surface area contributed by atoms with Gasteiger partial charge in [0, 0.05) is 67.2 Å². The van der Waals surface area contributed by atoms with Gasteiger partial charge in [-0.3, -0.25) is 24.8 Å². The summed E-state index contributed by atoms with van der Waals surface area (Å²) in [6.07, 6.45) is 0. The molecule has 12 nitrogen and oxygen atoms in total. The molecule has 230 valence electrons. The van der Waals surface area contributed by atoms with Crippen LogP contribution in [0.25, 0.3) is 0 Å². The summed E-state index contributed by atoms with van der Waals surface area (Å²) in [6.45, 7) is 6.81. The molecule has 2 aromatic rings. The van der Waals surface area contributed by atoms with Gasteiger partial charge in [-0.05, 0) is 44.5 Å². The van der Waals surface area contributed by atoms with E-state index in [1.165, 1.54) is 34.6 Å². The molecule has 2 aliphatic rings. The molecule has 0 radical (unpaired) electrons. The van der Waals surface area contributed by atoms with Crippen molar-refractivity contribution >= 4 is 45.0 Å². The van der Waals surface area contributed by atoms with E-state index in [2.05, 4.69) is 4.99 Å². The van der Waals surface area contributed by atoms with Crippen LogP contribution in [0.4, 0.5) is 5.69 Å². The fraction of sp³-hybridized carbons (Fsp3) is 0.414. The Hall–Kier alpha value is -3.65. The van der Waals surface area contributed by atoms with Crippen LogP contribution >= 0.6 is 11.6 Å². The number of carbonyl (C=O) groups excluding carboxylic acids is 2. The van der Waals surface area contributed by atoms with Crippen LogP contribution in [0.15, 0.2) is 69.7 Å². The molecule has 2 aliphatic heterocycles. The van der Waals surface area contributed by atoms with Gasteiger partial charge in [0.05, 0.1) is 22.0 Å². The number of allylic oxidation sites excluding steroid dienone is 1. The average molecular weight is 633 g/mol. The van der Waals surface area contributed by atoms with Crippen LogP contribution in [0.3, 0.4) is 0 Å². The first-order valence-corrected chi connectivity index (χ1v) is 15.6. The van der Waals surface area contributed by atoms with Crippen LogP contribution in [0.2, 0.25) is 5.02 Å². The first-order valence-electron chi connectivity index (χ1n) is 13.8. The molecular formula is C29H33ClN4O8S. The summed E-state index contributed by atoms with van der Waals surface area (Å²) in [5.41, 5.74) is 1.11. The Balaban J connectivity index is 1.45. The number of piperazine rings is 1. The van der Waals surface area contributed by atoms with Gasteiger partial charge in [0.2, 0.25) is 10.0 Å². The van der Waals surface area contributed by atoms with Crippen molar-refractivity contribution in [3.63, 3.8) is 0 Å². The fourth-order valence-corrected chi connectivity index (χ4v) is 7.07. The summed E-state index contributed by atoms with van der Waals surface area (Å²) in [6, 6.07) is 11.9. The Bertz CT molecular complexity index is 1570. The molecule has 0 N–H and O–H groups in total. The Labute approximate surface area is 255 Å². The van der Waals surface area contributed by atoms with E-state index in [0.717, 1.165) is 0 Å². The molecule has 0 spiro atoms. The third-order valence-corrected chi connectivity index (χ3v) is 9.56. The number of nitro benzene ring substituents is 1. The third-order valence-electron chi connectivity index (χ3n) is 7.43. The summed E-state index contributed by atoms with van der Waals surface area (Å²) >= 11 is 5.98. The number of esters is 2. The Morgan fingerprint density at radius 3 is 2.42 bits per heavy atom. The highest BCUT2D eigenvalue weighted by molar-refractivity contribution is 7.89. The average Bonchev–Trinajstić information content (AvgIpc) is 2.97. The molecule has 0 amide bonds. The van der Waals surface area contributed by atoms with Gasteiger partial charge in [-0.15, -0.1) is 0 Å². The number of carbonyl (C=O) groups is 2.